The number of carbonyl (C=O) groups is 1. The van der Waals surface area contributed by atoms with Crippen LogP contribution in [0.2, 0.25) is 0 Å². The van der Waals surface area contributed by atoms with Crippen LogP contribution in [0.3, 0.4) is 0 Å². The molecule has 0 saturated heterocycles. The lowest BCUT2D eigenvalue weighted by Crippen LogP contribution is -2.07. The molecule has 1 aromatic carbocycles. The molecule has 0 radical (unpaired) electrons. The summed E-state index contributed by atoms with van der Waals surface area (Å²) < 4.78 is 25.3. The maximum Gasteiger partial charge on any atom is 0.221 e. The molecular weight excluding hydrogens is 188 g/mol. The van der Waals surface area contributed by atoms with Crippen LogP contribution in [0.5, 0.6) is 0 Å². The Morgan fingerprint density at radius 2 is 1.86 bits per heavy atom. The van der Waals surface area contributed by atoms with Gasteiger partial charge in [0.25, 0.3) is 0 Å². The number of carbonyl (C=O) groups excluding carboxylic acids is 1. The van der Waals surface area contributed by atoms with Crippen LogP contribution in [0, 0.1) is 11.6 Å². The third-order valence-corrected chi connectivity index (χ3v) is 1.51. The van der Waals surface area contributed by atoms with Gasteiger partial charge in [0, 0.05) is 12.5 Å². The summed E-state index contributed by atoms with van der Waals surface area (Å²) in [6.45, 7) is 0. The van der Waals surface area contributed by atoms with Crippen molar-refractivity contribution in [2.45, 2.75) is 6.42 Å². The summed E-state index contributed by atoms with van der Waals surface area (Å²) in [5.74, 6) is -1.79. The fraction of sp³-hybridized carbons (Fsp3) is 0.100. The topological polar surface area (TPSA) is 43.1 Å². The molecule has 1 amide bonds. The lowest BCUT2D eigenvalue weighted by Gasteiger charge is -1.94. The average Bonchev–Trinajstić information content (AvgIpc) is 2.01. The molecule has 0 aliphatic heterocycles. The first kappa shape index (κ1) is 10.4. The van der Waals surface area contributed by atoms with E-state index in [0.717, 1.165) is 6.07 Å². The van der Waals surface area contributed by atoms with Gasteiger partial charge in [-0.1, -0.05) is 12.2 Å². The van der Waals surface area contributed by atoms with Crippen molar-refractivity contribution in [2.75, 3.05) is 0 Å². The van der Waals surface area contributed by atoms with Gasteiger partial charge in [-0.05, 0) is 17.7 Å². The molecule has 1 aromatic rings. The number of benzene rings is 1. The normalized spacial score (nSPS) is 10.7. The predicted molar refractivity (Wildman–Crippen MR) is 49.2 cm³/mol. The van der Waals surface area contributed by atoms with Crippen molar-refractivity contribution in [3.05, 3.63) is 41.5 Å². The van der Waals surface area contributed by atoms with E-state index in [1.165, 1.54) is 24.3 Å². The largest absolute Gasteiger partial charge is 0.369 e. The van der Waals surface area contributed by atoms with Gasteiger partial charge >= 0.3 is 0 Å². The van der Waals surface area contributed by atoms with Crippen LogP contribution in [0.25, 0.3) is 6.08 Å². The van der Waals surface area contributed by atoms with Crippen LogP contribution in [0.4, 0.5) is 8.78 Å². The van der Waals surface area contributed by atoms with E-state index in [-0.39, 0.29) is 6.42 Å². The highest BCUT2D eigenvalue weighted by atomic mass is 19.1. The van der Waals surface area contributed by atoms with Crippen LogP contribution < -0.4 is 5.73 Å². The molecule has 0 unspecified atom stereocenters. The van der Waals surface area contributed by atoms with Crippen LogP contribution in [0.15, 0.2) is 24.3 Å². The van der Waals surface area contributed by atoms with E-state index < -0.39 is 17.5 Å². The highest BCUT2D eigenvalue weighted by Crippen LogP contribution is 2.09. The second kappa shape index (κ2) is 4.50. The summed E-state index contributed by atoms with van der Waals surface area (Å²) in [5, 5.41) is 0. The van der Waals surface area contributed by atoms with Gasteiger partial charge in [0.1, 0.15) is 11.6 Å². The molecule has 0 fully saturated rings. The van der Waals surface area contributed by atoms with E-state index in [2.05, 4.69) is 0 Å². The van der Waals surface area contributed by atoms with E-state index in [4.69, 9.17) is 5.73 Å². The third-order valence-electron chi connectivity index (χ3n) is 1.51. The highest BCUT2D eigenvalue weighted by molar-refractivity contribution is 5.76. The number of nitrogens with two attached hydrogens (primary N) is 1. The van der Waals surface area contributed by atoms with Gasteiger partial charge in [0.2, 0.25) is 5.91 Å². The first-order valence-corrected chi connectivity index (χ1v) is 3.99. The zero-order valence-electron chi connectivity index (χ0n) is 7.34. The first-order chi connectivity index (χ1) is 6.58. The van der Waals surface area contributed by atoms with Crippen LogP contribution >= 0.6 is 0 Å². The number of hydrogen-bond donors (Lipinski definition) is 1. The van der Waals surface area contributed by atoms with Gasteiger partial charge in [-0.3, -0.25) is 4.79 Å². The molecule has 4 heteroatoms. The van der Waals surface area contributed by atoms with E-state index in [0.29, 0.717) is 5.56 Å². The van der Waals surface area contributed by atoms with Crippen molar-refractivity contribution < 1.29 is 13.6 Å². The van der Waals surface area contributed by atoms with Crippen molar-refractivity contribution in [1.82, 2.24) is 0 Å². The lowest BCUT2D eigenvalue weighted by molar-refractivity contribution is -0.117. The van der Waals surface area contributed by atoms with Gasteiger partial charge < -0.3 is 5.73 Å². The average molecular weight is 197 g/mol. The zero-order chi connectivity index (χ0) is 10.6. The summed E-state index contributed by atoms with van der Waals surface area (Å²) in [6, 6.07) is 3.12. The van der Waals surface area contributed by atoms with Gasteiger partial charge in [0.05, 0.1) is 0 Å². The Balaban J connectivity index is 2.76. The standard InChI is InChI=1S/C10H9F2NO/c11-8-4-7(5-9(12)6-8)2-1-3-10(13)14/h1-2,4-6H,3H2,(H2,13,14). The van der Waals surface area contributed by atoms with Crippen molar-refractivity contribution in [3.8, 4) is 0 Å². The molecule has 0 bridgehead atoms. The minimum Gasteiger partial charge on any atom is -0.369 e. The number of primary amides is 1. The minimum absolute atomic E-state index is 0.0537. The van der Waals surface area contributed by atoms with Crippen LogP contribution in [-0.2, 0) is 4.79 Å². The number of amides is 1. The first-order valence-electron chi connectivity index (χ1n) is 3.99. The number of hydrogen-bond acceptors (Lipinski definition) is 1. The number of halogens is 2. The van der Waals surface area contributed by atoms with Crippen molar-refractivity contribution in [1.29, 1.82) is 0 Å². The monoisotopic (exact) mass is 197 g/mol. The van der Waals surface area contributed by atoms with E-state index in [9.17, 15) is 13.6 Å². The summed E-state index contributed by atoms with van der Waals surface area (Å²) in [5.41, 5.74) is 5.24. The molecule has 0 aliphatic carbocycles. The number of rotatable bonds is 3. The zero-order valence-corrected chi connectivity index (χ0v) is 7.34. The summed E-state index contributed by atoms with van der Waals surface area (Å²) in [4.78, 5) is 10.3. The quantitative estimate of drug-likeness (QED) is 0.789. The molecular formula is C10H9F2NO. The molecule has 0 spiro atoms. The summed E-state index contributed by atoms with van der Waals surface area (Å²) >= 11 is 0. The molecule has 0 aromatic heterocycles. The molecule has 2 N–H and O–H groups in total. The maximum atomic E-state index is 12.6. The fourth-order valence-electron chi connectivity index (χ4n) is 0.983. The van der Waals surface area contributed by atoms with Gasteiger partial charge in [-0.2, -0.15) is 0 Å². The van der Waals surface area contributed by atoms with Crippen LogP contribution in [0.1, 0.15) is 12.0 Å². The van der Waals surface area contributed by atoms with Gasteiger partial charge in [-0.15, -0.1) is 0 Å². The van der Waals surface area contributed by atoms with E-state index in [1.54, 1.807) is 0 Å². The molecule has 74 valence electrons. The second-order valence-corrected chi connectivity index (χ2v) is 2.78. The Morgan fingerprint density at radius 3 is 2.36 bits per heavy atom. The Morgan fingerprint density at radius 1 is 1.29 bits per heavy atom. The van der Waals surface area contributed by atoms with Gasteiger partial charge in [-0.25, -0.2) is 8.78 Å². The SMILES string of the molecule is NC(=O)CC=Cc1cc(F)cc(F)c1. The Bertz CT molecular complexity index is 354. The fourth-order valence-corrected chi connectivity index (χ4v) is 0.983. The van der Waals surface area contributed by atoms with Crippen LogP contribution in [-0.4, -0.2) is 5.91 Å². The highest BCUT2D eigenvalue weighted by Gasteiger charge is 1.97. The van der Waals surface area contributed by atoms with Gasteiger partial charge in [0.15, 0.2) is 0 Å². The van der Waals surface area contributed by atoms with E-state index in [1.807, 2.05) is 0 Å². The van der Waals surface area contributed by atoms with Crippen molar-refractivity contribution in [3.63, 3.8) is 0 Å². The molecule has 0 atom stereocenters. The summed E-state index contributed by atoms with van der Waals surface area (Å²) in [7, 11) is 0. The second-order valence-electron chi connectivity index (χ2n) is 2.78. The molecule has 0 heterocycles. The Labute approximate surface area is 80.0 Å². The third kappa shape index (κ3) is 3.35. The Kier molecular flexibility index (Phi) is 3.34. The predicted octanol–water partition coefficient (Wildman–Crippen LogP) is 1.85. The maximum absolute atomic E-state index is 12.6. The van der Waals surface area contributed by atoms with E-state index >= 15 is 0 Å². The smallest absolute Gasteiger partial charge is 0.221 e. The minimum atomic E-state index is -0.649. The molecule has 14 heavy (non-hydrogen) atoms. The Hall–Kier alpha value is -1.71. The molecule has 0 saturated carbocycles. The van der Waals surface area contributed by atoms with Crippen molar-refractivity contribution in [2.24, 2.45) is 5.73 Å². The van der Waals surface area contributed by atoms with Crippen molar-refractivity contribution >= 4 is 12.0 Å². The molecule has 0 aliphatic rings. The lowest BCUT2D eigenvalue weighted by atomic mass is 10.2. The molecule has 1 rings (SSSR count). The molecule has 2 nitrogen and oxygen atoms in total. The summed E-state index contributed by atoms with van der Waals surface area (Å²) in [6.07, 6.45) is 2.95.